The predicted molar refractivity (Wildman–Crippen MR) is 183 cm³/mol. The number of ether oxygens (including phenoxy) is 5. The molecule has 0 radical (unpaired) electrons. The van der Waals surface area contributed by atoms with Crippen LogP contribution < -0.4 is 10.6 Å². The Kier molecular flexibility index (Phi) is 8.28. The molecule has 0 aromatic rings. The fourth-order valence-electron chi connectivity index (χ4n) is 13.7. The molecule has 2 N–H and O–H groups in total. The Morgan fingerprint density at radius 2 is 0.980 bits per heavy atom. The molecule has 3 saturated heterocycles. The summed E-state index contributed by atoms with van der Waals surface area (Å²) in [4.78, 5) is 57.9. The lowest BCUT2D eigenvalue weighted by molar-refractivity contribution is -0.261. The minimum Gasteiger partial charge on any atom is -0.467 e. The number of carbonyl (C=O) groups excluding carboxylic acids is 4. The first-order valence-corrected chi connectivity index (χ1v) is 19.3. The minimum absolute atomic E-state index is 0.0126. The number of fused-ring (bicyclic) bond motifs is 12. The van der Waals surface area contributed by atoms with Crippen molar-refractivity contribution in [3.63, 3.8) is 0 Å². The predicted octanol–water partition coefficient (Wildman–Crippen LogP) is 2.76. The number of amides is 2. The molecule has 5 saturated carbocycles. The van der Waals surface area contributed by atoms with Gasteiger partial charge >= 0.3 is 24.1 Å². The number of alkyl carbamates (subject to hydrolysis) is 2. The number of likely N-dealkylation sites (tertiary alicyclic amines) is 2. The van der Waals surface area contributed by atoms with Crippen LogP contribution >= 0.6 is 0 Å². The summed E-state index contributed by atoms with van der Waals surface area (Å²) in [5, 5.41) is 5.82. The SMILES string of the molecule is COC(=O)[C@@]12O[C@@]3(C(=O)OC)[C@@H]4[C@H](C[C@H]5[C@@H]1[C@@H]1CN(CCNC(=O)OC(C)(C)C)C[C@@H]1[C@@H]2[C@H]53)[C@@H]1C[C@H]4[C@@H]2CN(CCNC(=O)OC(C)(C)C)C[C@H]12. The van der Waals surface area contributed by atoms with Crippen LogP contribution in [0.5, 0.6) is 0 Å². The zero-order valence-corrected chi connectivity index (χ0v) is 31.6. The zero-order chi connectivity index (χ0) is 36.4. The molecule has 14 atom stereocenters. The van der Waals surface area contributed by atoms with Crippen LogP contribution in [-0.4, -0.2) is 123 Å². The normalized spacial score (nSPS) is 44.2. The second-order valence-corrected chi connectivity index (χ2v) is 18.9. The van der Waals surface area contributed by atoms with Crippen molar-refractivity contribution in [2.45, 2.75) is 76.8 Å². The van der Waals surface area contributed by atoms with Crippen LogP contribution in [0.4, 0.5) is 9.59 Å². The standard InChI is InChI=1S/C38H58N4O9/c1-35(2,3)49-33(45)39-9-11-41-15-23-19-13-21(24(23)16-41)27-20(19)14-22-28-25-17-42(12-10-40-34(46)50-36(4,5)6)18-26(25)30-29(22)37(27,31(43)47-7)51-38(28,30)32(44)48-8/h19-30H,9-18H2,1-8H3,(H,39,45)(H,40,46)/t19-,20+,21-,22-,23+,24-,25+,26-,27+,28+,29-,30+,37-,38+/m0/s1. The highest BCUT2D eigenvalue weighted by Crippen LogP contribution is 2.82. The molecule has 284 valence electrons. The third-order valence-electron chi connectivity index (χ3n) is 14.4. The van der Waals surface area contributed by atoms with Gasteiger partial charge < -0.3 is 44.1 Å². The number of hydrogen-bond donors (Lipinski definition) is 2. The summed E-state index contributed by atoms with van der Waals surface area (Å²) in [7, 11) is 2.92. The van der Waals surface area contributed by atoms with Crippen molar-refractivity contribution in [3.8, 4) is 0 Å². The molecule has 0 aromatic carbocycles. The number of carbonyl (C=O) groups is 4. The van der Waals surface area contributed by atoms with Gasteiger partial charge in [-0.2, -0.15) is 0 Å². The lowest BCUT2D eigenvalue weighted by atomic mass is 9.48. The van der Waals surface area contributed by atoms with Gasteiger partial charge in [0.05, 0.1) is 14.2 Å². The topological polar surface area (TPSA) is 145 Å². The smallest absolute Gasteiger partial charge is 0.407 e. The van der Waals surface area contributed by atoms with Gasteiger partial charge in [0, 0.05) is 76.0 Å². The second-order valence-electron chi connectivity index (χ2n) is 18.9. The molecule has 13 heteroatoms. The number of methoxy groups -OCH3 is 2. The Labute approximate surface area is 301 Å². The molecule has 0 aromatic heterocycles. The van der Waals surface area contributed by atoms with Crippen molar-refractivity contribution >= 4 is 24.1 Å². The molecule has 3 aliphatic heterocycles. The lowest BCUT2D eigenvalue weighted by Crippen LogP contribution is -2.68. The fourth-order valence-corrected chi connectivity index (χ4v) is 13.7. The van der Waals surface area contributed by atoms with E-state index < -0.39 is 34.6 Å². The van der Waals surface area contributed by atoms with Crippen molar-refractivity contribution in [3.05, 3.63) is 0 Å². The van der Waals surface area contributed by atoms with Crippen LogP contribution in [0.15, 0.2) is 0 Å². The summed E-state index contributed by atoms with van der Waals surface area (Å²) in [6.45, 7) is 17.2. The molecule has 3 heterocycles. The van der Waals surface area contributed by atoms with E-state index in [1.165, 1.54) is 14.2 Å². The maximum absolute atomic E-state index is 14.4. The highest BCUT2D eigenvalue weighted by atomic mass is 16.6. The van der Waals surface area contributed by atoms with E-state index in [1.54, 1.807) is 0 Å². The molecular formula is C38H58N4O9. The van der Waals surface area contributed by atoms with Crippen LogP contribution in [0, 0.1) is 71.0 Å². The van der Waals surface area contributed by atoms with Gasteiger partial charge in [0.2, 0.25) is 0 Å². The summed E-state index contributed by atoms with van der Waals surface area (Å²) in [6, 6.07) is 0. The van der Waals surface area contributed by atoms with Gasteiger partial charge in [-0.15, -0.1) is 0 Å². The highest BCUT2D eigenvalue weighted by molar-refractivity contribution is 5.89. The number of rotatable bonds is 8. The monoisotopic (exact) mass is 714 g/mol. The van der Waals surface area contributed by atoms with Crippen LogP contribution in [0.1, 0.15) is 54.4 Å². The van der Waals surface area contributed by atoms with Crippen molar-refractivity contribution in [2.24, 2.45) is 71.0 Å². The summed E-state index contributed by atoms with van der Waals surface area (Å²) in [5.41, 5.74) is -3.37. The lowest BCUT2D eigenvalue weighted by Gasteiger charge is -2.59. The Morgan fingerprint density at radius 1 is 0.588 bits per heavy atom. The molecule has 8 aliphatic rings. The molecule has 2 amide bonds. The quantitative estimate of drug-likeness (QED) is 0.283. The van der Waals surface area contributed by atoms with E-state index in [9.17, 15) is 19.2 Å². The van der Waals surface area contributed by atoms with Gasteiger partial charge in [0.1, 0.15) is 11.2 Å². The molecule has 0 spiro atoms. The molecule has 51 heavy (non-hydrogen) atoms. The van der Waals surface area contributed by atoms with Crippen molar-refractivity contribution in [1.82, 2.24) is 20.4 Å². The van der Waals surface area contributed by atoms with Crippen molar-refractivity contribution in [2.75, 3.05) is 66.6 Å². The molecule has 8 fully saturated rings. The van der Waals surface area contributed by atoms with Gasteiger partial charge in [-0.25, -0.2) is 19.2 Å². The first kappa shape index (κ1) is 35.4. The van der Waals surface area contributed by atoms with E-state index in [0.717, 1.165) is 45.6 Å². The second kappa shape index (κ2) is 11.9. The van der Waals surface area contributed by atoms with Crippen LogP contribution in [0.25, 0.3) is 0 Å². The summed E-state index contributed by atoms with van der Waals surface area (Å²) < 4.78 is 29.4. The summed E-state index contributed by atoms with van der Waals surface area (Å²) >= 11 is 0. The average Bonchev–Trinajstić information content (AvgIpc) is 3.86. The van der Waals surface area contributed by atoms with Crippen LogP contribution in [0.2, 0.25) is 0 Å². The third kappa shape index (κ3) is 5.16. The molecular weight excluding hydrogens is 656 g/mol. The van der Waals surface area contributed by atoms with Gasteiger partial charge in [-0.3, -0.25) is 0 Å². The first-order valence-electron chi connectivity index (χ1n) is 19.3. The van der Waals surface area contributed by atoms with E-state index in [-0.39, 0.29) is 53.4 Å². The summed E-state index contributed by atoms with van der Waals surface area (Å²) in [6.07, 6.45) is 1.31. The number of hydrogen-bond acceptors (Lipinski definition) is 11. The number of nitrogens with zero attached hydrogens (tertiary/aromatic N) is 2. The van der Waals surface area contributed by atoms with Crippen molar-refractivity contribution < 1.29 is 42.9 Å². The fraction of sp³-hybridized carbons (Fsp3) is 0.895. The van der Waals surface area contributed by atoms with Crippen LogP contribution in [-0.2, 0) is 33.3 Å². The highest BCUT2D eigenvalue weighted by Gasteiger charge is 2.90. The largest absolute Gasteiger partial charge is 0.467 e. The van der Waals surface area contributed by atoms with Crippen molar-refractivity contribution in [1.29, 1.82) is 0 Å². The maximum atomic E-state index is 14.4. The van der Waals surface area contributed by atoms with E-state index in [2.05, 4.69) is 20.4 Å². The van der Waals surface area contributed by atoms with Gasteiger partial charge in [-0.1, -0.05) is 0 Å². The maximum Gasteiger partial charge on any atom is 0.407 e. The first-order chi connectivity index (χ1) is 24.0. The minimum atomic E-state index is -1.15. The Hall–Kier alpha value is -2.64. The number of nitrogens with one attached hydrogen (secondary N) is 2. The summed E-state index contributed by atoms with van der Waals surface area (Å²) in [5.74, 6) is 1.99. The Balaban J connectivity index is 1.01. The van der Waals surface area contributed by atoms with Gasteiger partial charge in [0.25, 0.3) is 0 Å². The number of esters is 2. The van der Waals surface area contributed by atoms with E-state index in [0.29, 0.717) is 49.2 Å². The van der Waals surface area contributed by atoms with E-state index in [1.807, 2.05) is 41.5 Å². The van der Waals surface area contributed by atoms with Crippen LogP contribution in [0.3, 0.4) is 0 Å². The molecule has 6 bridgehead atoms. The Morgan fingerprint density at radius 3 is 1.47 bits per heavy atom. The Bertz CT molecular complexity index is 1460. The average molecular weight is 715 g/mol. The third-order valence-corrected chi connectivity index (χ3v) is 14.4. The molecule has 5 aliphatic carbocycles. The molecule has 8 rings (SSSR count). The molecule has 13 nitrogen and oxygen atoms in total. The molecule has 0 unspecified atom stereocenters. The van der Waals surface area contributed by atoms with Gasteiger partial charge in [-0.05, 0) is 102 Å². The zero-order valence-electron chi connectivity index (χ0n) is 31.6. The van der Waals surface area contributed by atoms with Gasteiger partial charge in [0.15, 0.2) is 11.2 Å². The van der Waals surface area contributed by atoms with E-state index in [4.69, 9.17) is 23.7 Å². The van der Waals surface area contributed by atoms with E-state index >= 15 is 0 Å².